The zero-order valence-corrected chi connectivity index (χ0v) is 19.4. The highest BCUT2D eigenvalue weighted by atomic mass is 16.6. The van der Waals surface area contributed by atoms with Gasteiger partial charge in [-0.1, -0.05) is 12.1 Å². The van der Waals surface area contributed by atoms with E-state index in [2.05, 4.69) is 5.32 Å². The quantitative estimate of drug-likeness (QED) is 0.613. The Kier molecular flexibility index (Phi) is 8.23. The Morgan fingerprint density at radius 3 is 2.38 bits per heavy atom. The molecule has 0 unspecified atom stereocenters. The van der Waals surface area contributed by atoms with Crippen molar-refractivity contribution in [1.82, 2.24) is 4.90 Å². The second-order valence-corrected chi connectivity index (χ2v) is 8.30. The van der Waals surface area contributed by atoms with Crippen LogP contribution in [0.2, 0.25) is 0 Å². The first kappa shape index (κ1) is 24.7. The molecule has 32 heavy (non-hydrogen) atoms. The van der Waals surface area contributed by atoms with Gasteiger partial charge in [0.2, 0.25) is 0 Å². The van der Waals surface area contributed by atoms with Gasteiger partial charge in [-0.05, 0) is 63.6 Å². The molecule has 2 aromatic rings. The Labute approximate surface area is 188 Å². The molecular formula is C24H30N2O6. The number of hydrogen-bond donors (Lipinski definition) is 1. The van der Waals surface area contributed by atoms with Gasteiger partial charge in [-0.25, -0.2) is 4.79 Å². The van der Waals surface area contributed by atoms with Crippen molar-refractivity contribution in [3.05, 3.63) is 53.6 Å². The molecule has 2 rings (SSSR count). The molecule has 172 valence electrons. The Bertz CT molecular complexity index is 981. The third-order valence-corrected chi connectivity index (χ3v) is 4.26. The van der Waals surface area contributed by atoms with Crippen LogP contribution in [0, 0.1) is 0 Å². The Balaban J connectivity index is 1.95. The minimum Gasteiger partial charge on any atom is -0.493 e. The lowest BCUT2D eigenvalue weighted by atomic mass is 10.1. The average Bonchev–Trinajstić information content (AvgIpc) is 2.71. The first-order chi connectivity index (χ1) is 15.0. The number of nitrogens with one attached hydrogen (secondary N) is 1. The summed E-state index contributed by atoms with van der Waals surface area (Å²) in [6.45, 7) is 6.98. The van der Waals surface area contributed by atoms with Crippen molar-refractivity contribution in [2.24, 2.45) is 0 Å². The van der Waals surface area contributed by atoms with Crippen molar-refractivity contribution in [3.63, 3.8) is 0 Å². The van der Waals surface area contributed by atoms with E-state index in [9.17, 15) is 14.4 Å². The summed E-state index contributed by atoms with van der Waals surface area (Å²) in [4.78, 5) is 37.5. The highest BCUT2D eigenvalue weighted by Gasteiger charge is 2.19. The highest BCUT2D eigenvalue weighted by Crippen LogP contribution is 2.28. The maximum absolute atomic E-state index is 12.3. The van der Waals surface area contributed by atoms with Gasteiger partial charge < -0.3 is 24.4 Å². The van der Waals surface area contributed by atoms with Gasteiger partial charge in [-0.2, -0.15) is 0 Å². The van der Waals surface area contributed by atoms with Crippen LogP contribution < -0.4 is 14.8 Å². The fourth-order valence-corrected chi connectivity index (χ4v) is 2.77. The lowest BCUT2D eigenvalue weighted by Gasteiger charge is -2.24. The summed E-state index contributed by atoms with van der Waals surface area (Å²) in [7, 11) is 3.11. The molecule has 0 spiro atoms. The molecule has 0 saturated carbocycles. The van der Waals surface area contributed by atoms with E-state index in [1.54, 1.807) is 43.4 Å². The molecule has 8 nitrogen and oxygen atoms in total. The fourth-order valence-electron chi connectivity index (χ4n) is 2.77. The molecule has 0 atom stereocenters. The monoisotopic (exact) mass is 442 g/mol. The van der Waals surface area contributed by atoms with Crippen molar-refractivity contribution >= 4 is 23.5 Å². The van der Waals surface area contributed by atoms with E-state index in [-0.39, 0.29) is 18.3 Å². The Morgan fingerprint density at radius 1 is 1.03 bits per heavy atom. The molecular weight excluding hydrogens is 412 g/mol. The van der Waals surface area contributed by atoms with Gasteiger partial charge in [0.15, 0.2) is 23.9 Å². The van der Waals surface area contributed by atoms with Crippen LogP contribution in [0.3, 0.4) is 0 Å². The number of rotatable bonds is 8. The van der Waals surface area contributed by atoms with Crippen molar-refractivity contribution in [1.29, 1.82) is 0 Å². The second-order valence-electron chi connectivity index (χ2n) is 8.30. The number of Topliss-reactive ketones (excluding diaryl/α,β-unsaturated/α-hetero) is 1. The number of carbonyl (C=O) groups excluding carboxylic acids is 3. The van der Waals surface area contributed by atoms with Crippen molar-refractivity contribution in [2.75, 3.05) is 26.1 Å². The van der Waals surface area contributed by atoms with Gasteiger partial charge in [0.1, 0.15) is 5.60 Å². The summed E-state index contributed by atoms with van der Waals surface area (Å²) in [5.74, 6) is 0.281. The van der Waals surface area contributed by atoms with E-state index in [1.165, 1.54) is 18.9 Å². The van der Waals surface area contributed by atoms with E-state index in [1.807, 2.05) is 26.8 Å². The van der Waals surface area contributed by atoms with E-state index in [4.69, 9.17) is 14.2 Å². The Hall–Kier alpha value is -3.55. The number of amides is 2. The summed E-state index contributed by atoms with van der Waals surface area (Å²) in [5.41, 5.74) is 1.33. The predicted octanol–water partition coefficient (Wildman–Crippen LogP) is 4.28. The number of methoxy groups -OCH3 is 1. The average molecular weight is 443 g/mol. The standard InChI is InChI=1S/C24H30N2O6/c1-16(27)18-10-11-20(21(13-18)30-6)31-15-22(28)25-19-9-7-8-17(12-19)14-26(5)23(29)32-24(2,3)4/h7-13H,14-15H2,1-6H3,(H,25,28). The smallest absolute Gasteiger partial charge is 0.410 e. The van der Waals surface area contributed by atoms with Crippen LogP contribution in [0.25, 0.3) is 0 Å². The zero-order chi connectivity index (χ0) is 23.9. The molecule has 0 aliphatic rings. The first-order valence-corrected chi connectivity index (χ1v) is 10.1. The zero-order valence-electron chi connectivity index (χ0n) is 19.4. The topological polar surface area (TPSA) is 94.2 Å². The molecule has 0 fully saturated rings. The van der Waals surface area contributed by atoms with Crippen LogP contribution in [-0.2, 0) is 16.1 Å². The van der Waals surface area contributed by atoms with E-state index >= 15 is 0 Å². The van der Waals surface area contributed by atoms with E-state index in [0.717, 1.165) is 5.56 Å². The lowest BCUT2D eigenvalue weighted by molar-refractivity contribution is -0.118. The minimum absolute atomic E-state index is 0.0928. The minimum atomic E-state index is -0.573. The summed E-state index contributed by atoms with van der Waals surface area (Å²) in [6, 6.07) is 11.9. The number of nitrogens with zero attached hydrogens (tertiary/aromatic N) is 1. The molecule has 2 amide bonds. The molecule has 0 bridgehead atoms. The van der Waals surface area contributed by atoms with Crippen molar-refractivity contribution in [2.45, 2.75) is 39.8 Å². The number of carbonyl (C=O) groups is 3. The molecule has 2 aromatic carbocycles. The molecule has 0 radical (unpaired) electrons. The van der Waals surface area contributed by atoms with Gasteiger partial charge in [0.25, 0.3) is 5.91 Å². The number of anilines is 1. The Morgan fingerprint density at radius 2 is 1.75 bits per heavy atom. The number of ether oxygens (including phenoxy) is 3. The van der Waals surface area contributed by atoms with Crippen molar-refractivity contribution in [3.8, 4) is 11.5 Å². The largest absolute Gasteiger partial charge is 0.493 e. The molecule has 0 aliphatic carbocycles. The van der Waals surface area contributed by atoms with Gasteiger partial charge in [0.05, 0.1) is 7.11 Å². The van der Waals surface area contributed by atoms with Crippen LogP contribution in [0.1, 0.15) is 43.6 Å². The summed E-state index contributed by atoms with van der Waals surface area (Å²) < 4.78 is 16.1. The number of benzene rings is 2. The molecule has 1 N–H and O–H groups in total. The predicted molar refractivity (Wildman–Crippen MR) is 121 cm³/mol. The maximum atomic E-state index is 12.3. The third-order valence-electron chi connectivity index (χ3n) is 4.26. The van der Waals surface area contributed by atoms with Crippen molar-refractivity contribution < 1.29 is 28.6 Å². The molecule has 0 aromatic heterocycles. The second kappa shape index (κ2) is 10.7. The SMILES string of the molecule is COc1cc(C(C)=O)ccc1OCC(=O)Nc1cccc(CN(C)C(=O)OC(C)(C)C)c1. The van der Waals surface area contributed by atoms with Crippen LogP contribution in [0.4, 0.5) is 10.5 Å². The van der Waals surface area contributed by atoms with E-state index < -0.39 is 11.7 Å². The molecule has 0 heterocycles. The summed E-state index contributed by atoms with van der Waals surface area (Å²) >= 11 is 0. The normalized spacial score (nSPS) is 10.8. The first-order valence-electron chi connectivity index (χ1n) is 10.1. The molecule has 8 heteroatoms. The lowest BCUT2D eigenvalue weighted by Crippen LogP contribution is -2.33. The van der Waals surface area contributed by atoms with E-state index in [0.29, 0.717) is 29.3 Å². The number of ketones is 1. The van der Waals surface area contributed by atoms with Gasteiger partial charge in [-0.3, -0.25) is 9.59 Å². The van der Waals surface area contributed by atoms with Crippen LogP contribution in [0.15, 0.2) is 42.5 Å². The van der Waals surface area contributed by atoms with Gasteiger partial charge >= 0.3 is 6.09 Å². The third kappa shape index (κ3) is 7.61. The van der Waals surface area contributed by atoms with Gasteiger partial charge in [-0.15, -0.1) is 0 Å². The summed E-state index contributed by atoms with van der Waals surface area (Å²) in [6.07, 6.45) is -0.426. The fraction of sp³-hybridized carbons (Fsp3) is 0.375. The van der Waals surface area contributed by atoms with Crippen LogP contribution >= 0.6 is 0 Å². The van der Waals surface area contributed by atoms with Gasteiger partial charge in [0, 0.05) is 24.8 Å². The van der Waals surface area contributed by atoms with Crippen LogP contribution in [0.5, 0.6) is 11.5 Å². The molecule has 0 saturated heterocycles. The maximum Gasteiger partial charge on any atom is 0.410 e. The van der Waals surface area contributed by atoms with Crippen LogP contribution in [-0.4, -0.2) is 49.0 Å². The summed E-state index contributed by atoms with van der Waals surface area (Å²) in [5, 5.41) is 2.77. The number of hydrogen-bond acceptors (Lipinski definition) is 6. The molecule has 0 aliphatic heterocycles. The highest BCUT2D eigenvalue weighted by molar-refractivity contribution is 5.95.